The van der Waals surface area contributed by atoms with E-state index in [4.69, 9.17) is 4.74 Å². The number of rotatable bonds is 9. The van der Waals surface area contributed by atoms with Crippen molar-refractivity contribution >= 4 is 35.2 Å². The molecule has 0 saturated carbocycles. The Kier molecular flexibility index (Phi) is 8.64. The van der Waals surface area contributed by atoms with Crippen LogP contribution < -0.4 is 10.6 Å². The fourth-order valence-corrected chi connectivity index (χ4v) is 3.75. The normalized spacial score (nSPS) is 14.5. The van der Waals surface area contributed by atoms with Gasteiger partial charge in [0.2, 0.25) is 5.91 Å². The minimum Gasteiger partial charge on any atom is -0.452 e. The number of benzene rings is 1. The smallest absolute Gasteiger partial charge is 0.338 e. The first-order valence-electron chi connectivity index (χ1n) is 9.54. The monoisotopic (exact) mass is 392 g/mol. The van der Waals surface area contributed by atoms with Crippen LogP contribution in [0, 0.1) is 5.92 Å². The largest absolute Gasteiger partial charge is 0.452 e. The number of thioether (sulfide) groups is 1. The Labute approximate surface area is 164 Å². The van der Waals surface area contributed by atoms with E-state index in [0.717, 1.165) is 30.6 Å². The summed E-state index contributed by atoms with van der Waals surface area (Å²) < 4.78 is 5.12. The van der Waals surface area contributed by atoms with Crippen molar-refractivity contribution in [3.05, 3.63) is 23.8 Å². The second-order valence-electron chi connectivity index (χ2n) is 6.65. The molecule has 1 aromatic rings. The maximum absolute atomic E-state index is 12.2. The van der Waals surface area contributed by atoms with Crippen LogP contribution in [0.1, 0.15) is 56.3 Å². The highest BCUT2D eigenvalue weighted by atomic mass is 32.2. The molecule has 1 atom stereocenters. The lowest BCUT2D eigenvalue weighted by Gasteiger charge is -2.15. The average molecular weight is 393 g/mol. The standard InChI is InChI=1S/C20H28N2O4S/c1-3-5-6-14(4-2)12-21-19(24)13-26-20(25)15-7-8-17-16(11-15)22-18(23)9-10-27-17/h7-8,11,14H,3-6,9-10,12-13H2,1-2H3,(H,21,24)(H,22,23)/t14-/m0/s1. The molecular weight excluding hydrogens is 364 g/mol. The zero-order chi connectivity index (χ0) is 19.6. The Morgan fingerprint density at radius 3 is 2.89 bits per heavy atom. The van der Waals surface area contributed by atoms with Gasteiger partial charge in [-0.2, -0.15) is 0 Å². The molecule has 1 heterocycles. The summed E-state index contributed by atoms with van der Waals surface area (Å²) in [5.74, 6) is 0.223. The van der Waals surface area contributed by atoms with Crippen molar-refractivity contribution in [1.82, 2.24) is 5.32 Å². The second-order valence-corrected chi connectivity index (χ2v) is 7.79. The maximum Gasteiger partial charge on any atom is 0.338 e. The van der Waals surface area contributed by atoms with Crippen molar-refractivity contribution in [2.45, 2.75) is 50.8 Å². The molecule has 2 amide bonds. The number of fused-ring (bicyclic) bond motifs is 1. The summed E-state index contributed by atoms with van der Waals surface area (Å²) in [7, 11) is 0. The molecule has 0 radical (unpaired) electrons. The van der Waals surface area contributed by atoms with Crippen LogP contribution in [0.15, 0.2) is 23.1 Å². The molecule has 0 unspecified atom stereocenters. The van der Waals surface area contributed by atoms with E-state index in [1.54, 1.807) is 30.0 Å². The molecule has 2 rings (SSSR count). The number of carbonyl (C=O) groups is 3. The lowest BCUT2D eigenvalue weighted by molar-refractivity contribution is -0.124. The summed E-state index contributed by atoms with van der Waals surface area (Å²) >= 11 is 1.57. The summed E-state index contributed by atoms with van der Waals surface area (Å²) in [6.45, 7) is 4.56. The van der Waals surface area contributed by atoms with E-state index in [0.29, 0.717) is 35.9 Å². The van der Waals surface area contributed by atoms with Crippen molar-refractivity contribution < 1.29 is 19.1 Å². The molecule has 0 bridgehead atoms. The Morgan fingerprint density at radius 2 is 2.15 bits per heavy atom. The molecule has 1 aromatic carbocycles. The second kappa shape index (κ2) is 11.0. The number of ether oxygens (including phenoxy) is 1. The van der Waals surface area contributed by atoms with E-state index in [-0.39, 0.29) is 18.4 Å². The minimum absolute atomic E-state index is 0.0697. The molecule has 0 aromatic heterocycles. The zero-order valence-electron chi connectivity index (χ0n) is 16.0. The SMILES string of the molecule is CCCC[C@H](CC)CNC(=O)COC(=O)c1ccc2c(c1)NC(=O)CCS2. The van der Waals surface area contributed by atoms with E-state index >= 15 is 0 Å². The molecule has 0 aliphatic carbocycles. The molecular formula is C20H28N2O4S. The fourth-order valence-electron chi connectivity index (χ4n) is 2.81. The van der Waals surface area contributed by atoms with Crippen LogP contribution in [-0.4, -0.2) is 36.7 Å². The third kappa shape index (κ3) is 6.90. The quantitative estimate of drug-likeness (QED) is 0.627. The van der Waals surface area contributed by atoms with Crippen LogP contribution in [-0.2, 0) is 14.3 Å². The first-order valence-corrected chi connectivity index (χ1v) is 10.5. The third-order valence-electron chi connectivity index (χ3n) is 4.54. The third-order valence-corrected chi connectivity index (χ3v) is 5.62. The van der Waals surface area contributed by atoms with Crippen LogP contribution >= 0.6 is 11.8 Å². The summed E-state index contributed by atoms with van der Waals surface area (Å²) in [6, 6.07) is 5.05. The predicted molar refractivity (Wildman–Crippen MR) is 107 cm³/mol. The minimum atomic E-state index is -0.575. The summed E-state index contributed by atoms with van der Waals surface area (Å²) in [5, 5.41) is 5.63. The van der Waals surface area contributed by atoms with Gasteiger partial charge in [0.1, 0.15) is 0 Å². The van der Waals surface area contributed by atoms with Crippen molar-refractivity contribution in [3.63, 3.8) is 0 Å². The zero-order valence-corrected chi connectivity index (χ0v) is 16.8. The van der Waals surface area contributed by atoms with Gasteiger partial charge in [-0.1, -0.05) is 33.1 Å². The first-order chi connectivity index (χ1) is 13.0. The van der Waals surface area contributed by atoms with Gasteiger partial charge >= 0.3 is 5.97 Å². The molecule has 1 aliphatic rings. The predicted octanol–water partition coefficient (Wildman–Crippen LogP) is 3.61. The first kappa shape index (κ1) is 21.3. The number of esters is 1. The Hall–Kier alpha value is -2.02. The lowest BCUT2D eigenvalue weighted by Crippen LogP contribution is -2.32. The number of nitrogens with one attached hydrogen (secondary N) is 2. The van der Waals surface area contributed by atoms with Gasteiger partial charge in [0.15, 0.2) is 6.61 Å². The topological polar surface area (TPSA) is 84.5 Å². The Morgan fingerprint density at radius 1 is 1.33 bits per heavy atom. The number of unbranched alkanes of at least 4 members (excludes halogenated alkanes) is 1. The van der Waals surface area contributed by atoms with Crippen molar-refractivity contribution in [2.75, 3.05) is 24.2 Å². The number of hydrogen-bond donors (Lipinski definition) is 2. The van der Waals surface area contributed by atoms with E-state index in [9.17, 15) is 14.4 Å². The van der Waals surface area contributed by atoms with Crippen molar-refractivity contribution in [3.8, 4) is 0 Å². The molecule has 7 heteroatoms. The Bertz CT molecular complexity index is 678. The van der Waals surface area contributed by atoms with Crippen LogP contribution in [0.2, 0.25) is 0 Å². The van der Waals surface area contributed by atoms with Crippen molar-refractivity contribution in [1.29, 1.82) is 0 Å². The van der Waals surface area contributed by atoms with Gasteiger partial charge in [0, 0.05) is 23.6 Å². The highest BCUT2D eigenvalue weighted by Crippen LogP contribution is 2.31. The highest BCUT2D eigenvalue weighted by Gasteiger charge is 2.17. The van der Waals surface area contributed by atoms with Gasteiger partial charge in [0.05, 0.1) is 11.3 Å². The van der Waals surface area contributed by atoms with E-state index in [1.165, 1.54) is 0 Å². The molecule has 2 N–H and O–H groups in total. The van der Waals surface area contributed by atoms with Crippen LogP contribution in [0.25, 0.3) is 0 Å². The van der Waals surface area contributed by atoms with Gasteiger partial charge in [-0.15, -0.1) is 11.8 Å². The Balaban J connectivity index is 1.83. The number of hydrogen-bond acceptors (Lipinski definition) is 5. The van der Waals surface area contributed by atoms with Gasteiger partial charge in [-0.05, 0) is 30.5 Å². The van der Waals surface area contributed by atoms with Crippen molar-refractivity contribution in [2.24, 2.45) is 5.92 Å². The number of carbonyl (C=O) groups excluding carboxylic acids is 3. The van der Waals surface area contributed by atoms with Gasteiger partial charge < -0.3 is 15.4 Å². The molecule has 148 valence electrons. The molecule has 0 spiro atoms. The average Bonchev–Trinajstić information content (AvgIpc) is 2.86. The van der Waals surface area contributed by atoms with E-state index < -0.39 is 5.97 Å². The highest BCUT2D eigenvalue weighted by molar-refractivity contribution is 7.99. The summed E-state index contributed by atoms with van der Waals surface area (Å²) in [4.78, 5) is 36.8. The van der Waals surface area contributed by atoms with Gasteiger partial charge in [0.25, 0.3) is 5.91 Å². The fraction of sp³-hybridized carbons (Fsp3) is 0.550. The molecule has 0 saturated heterocycles. The summed E-state index contributed by atoms with van der Waals surface area (Å²) in [5.41, 5.74) is 0.932. The van der Waals surface area contributed by atoms with E-state index in [2.05, 4.69) is 24.5 Å². The molecule has 27 heavy (non-hydrogen) atoms. The van der Waals surface area contributed by atoms with Crippen LogP contribution in [0.3, 0.4) is 0 Å². The number of amides is 2. The van der Waals surface area contributed by atoms with E-state index in [1.807, 2.05) is 0 Å². The van der Waals surface area contributed by atoms with Crippen LogP contribution in [0.5, 0.6) is 0 Å². The van der Waals surface area contributed by atoms with Gasteiger partial charge in [-0.25, -0.2) is 4.79 Å². The molecule has 0 fully saturated rings. The van der Waals surface area contributed by atoms with Gasteiger partial charge in [-0.3, -0.25) is 9.59 Å². The maximum atomic E-state index is 12.2. The molecule has 6 nitrogen and oxygen atoms in total. The summed E-state index contributed by atoms with van der Waals surface area (Å²) in [6.07, 6.45) is 4.83. The van der Waals surface area contributed by atoms with Crippen LogP contribution in [0.4, 0.5) is 5.69 Å². The number of anilines is 1. The molecule has 1 aliphatic heterocycles. The lowest BCUT2D eigenvalue weighted by atomic mass is 9.99.